The summed E-state index contributed by atoms with van der Waals surface area (Å²) < 4.78 is 18.0. The van der Waals surface area contributed by atoms with Crippen molar-refractivity contribution in [3.8, 4) is 0 Å². The summed E-state index contributed by atoms with van der Waals surface area (Å²) >= 11 is 0. The molecule has 1 unspecified atom stereocenters. The number of ether oxygens (including phenoxy) is 1. The molecule has 0 aliphatic carbocycles. The number of carbonyl (C=O) groups is 2. The number of nitrogens with one attached hydrogen (secondary N) is 1. The molecule has 0 radical (unpaired) electrons. The average Bonchev–Trinajstić information content (AvgIpc) is 2.33. The largest absolute Gasteiger partial charge is 0.444 e. The number of rotatable bonds is 4. The fraction of sp³-hybridized carbons (Fsp3) is 0.429. The van der Waals surface area contributed by atoms with Crippen LogP contribution in [0.3, 0.4) is 0 Å². The number of aliphatic hydroxyl groups is 1. The third-order valence-electron chi connectivity index (χ3n) is 2.30. The smallest absolute Gasteiger partial charge is 0.408 e. The molecule has 0 aromatic heterocycles. The normalized spacial score (nSPS) is 12.7. The molecule has 0 aliphatic heterocycles. The van der Waals surface area contributed by atoms with Gasteiger partial charge in [0.2, 0.25) is 0 Å². The molecule has 0 saturated carbocycles. The molecule has 5 nitrogen and oxygen atoms in total. The number of ketones is 1. The van der Waals surface area contributed by atoms with E-state index >= 15 is 0 Å². The van der Waals surface area contributed by atoms with Crippen LogP contribution in [0.4, 0.5) is 9.18 Å². The van der Waals surface area contributed by atoms with Crippen molar-refractivity contribution in [1.29, 1.82) is 0 Å². The van der Waals surface area contributed by atoms with Gasteiger partial charge < -0.3 is 15.2 Å². The van der Waals surface area contributed by atoms with E-state index in [0.717, 1.165) is 6.07 Å². The first-order chi connectivity index (χ1) is 9.23. The number of Topliss-reactive ketones (excluding diaryl/α,β-unsaturated/α-hetero) is 1. The SMILES string of the molecule is CC(C)(C)OC(=O)NC(CO)C(=O)c1cccc(F)c1. The van der Waals surface area contributed by atoms with Crippen LogP contribution < -0.4 is 5.32 Å². The third kappa shape index (κ3) is 4.97. The maximum absolute atomic E-state index is 13.1. The van der Waals surface area contributed by atoms with E-state index in [1.165, 1.54) is 18.2 Å². The number of halogens is 1. The van der Waals surface area contributed by atoms with E-state index in [-0.39, 0.29) is 5.56 Å². The van der Waals surface area contributed by atoms with Gasteiger partial charge in [-0.15, -0.1) is 0 Å². The quantitative estimate of drug-likeness (QED) is 0.827. The highest BCUT2D eigenvalue weighted by atomic mass is 19.1. The molecule has 1 aromatic rings. The standard InChI is InChI=1S/C14H18FNO4/c1-14(2,3)20-13(19)16-11(8-17)12(18)9-5-4-6-10(15)7-9/h4-7,11,17H,8H2,1-3H3,(H,16,19). The van der Waals surface area contributed by atoms with Gasteiger partial charge in [-0.05, 0) is 32.9 Å². The lowest BCUT2D eigenvalue weighted by atomic mass is 10.0. The number of amides is 1. The van der Waals surface area contributed by atoms with Crippen molar-refractivity contribution in [1.82, 2.24) is 5.32 Å². The van der Waals surface area contributed by atoms with Crippen LogP contribution in [0.1, 0.15) is 31.1 Å². The van der Waals surface area contributed by atoms with Gasteiger partial charge in [0.05, 0.1) is 6.61 Å². The molecule has 0 fully saturated rings. The summed E-state index contributed by atoms with van der Waals surface area (Å²) in [6.07, 6.45) is -0.818. The topological polar surface area (TPSA) is 75.6 Å². The molecule has 0 heterocycles. The molecule has 1 aromatic carbocycles. The van der Waals surface area contributed by atoms with Crippen molar-refractivity contribution >= 4 is 11.9 Å². The first-order valence-electron chi connectivity index (χ1n) is 6.13. The molecule has 0 aliphatic rings. The highest BCUT2D eigenvalue weighted by Crippen LogP contribution is 2.09. The van der Waals surface area contributed by atoms with Gasteiger partial charge in [-0.3, -0.25) is 4.79 Å². The zero-order valence-electron chi connectivity index (χ0n) is 11.6. The van der Waals surface area contributed by atoms with Gasteiger partial charge >= 0.3 is 6.09 Å². The van der Waals surface area contributed by atoms with Gasteiger partial charge in [-0.1, -0.05) is 12.1 Å². The number of carbonyl (C=O) groups excluding carboxylic acids is 2. The van der Waals surface area contributed by atoms with Gasteiger partial charge in [0.25, 0.3) is 0 Å². The number of hydrogen-bond acceptors (Lipinski definition) is 4. The number of benzene rings is 1. The van der Waals surface area contributed by atoms with Gasteiger partial charge in [0, 0.05) is 5.56 Å². The van der Waals surface area contributed by atoms with E-state index in [1.807, 2.05) is 0 Å². The number of aliphatic hydroxyl groups excluding tert-OH is 1. The fourth-order valence-corrected chi connectivity index (χ4v) is 1.49. The Morgan fingerprint density at radius 3 is 2.55 bits per heavy atom. The van der Waals surface area contributed by atoms with Gasteiger partial charge in [-0.25, -0.2) is 9.18 Å². The highest BCUT2D eigenvalue weighted by molar-refractivity contribution is 6.01. The predicted molar refractivity (Wildman–Crippen MR) is 71.0 cm³/mol. The molecule has 1 amide bonds. The van der Waals surface area contributed by atoms with Gasteiger partial charge in [0.15, 0.2) is 5.78 Å². The molecule has 20 heavy (non-hydrogen) atoms. The van der Waals surface area contributed by atoms with E-state index < -0.39 is 35.9 Å². The Bertz CT molecular complexity index is 496. The minimum absolute atomic E-state index is 0.0695. The average molecular weight is 283 g/mol. The molecular weight excluding hydrogens is 265 g/mol. The van der Waals surface area contributed by atoms with Gasteiger partial charge in [0.1, 0.15) is 17.5 Å². The summed E-state index contributed by atoms with van der Waals surface area (Å²) in [5, 5.41) is 11.4. The molecule has 0 bridgehead atoms. The lowest BCUT2D eigenvalue weighted by Gasteiger charge is -2.22. The second-order valence-corrected chi connectivity index (χ2v) is 5.26. The highest BCUT2D eigenvalue weighted by Gasteiger charge is 2.24. The Hall–Kier alpha value is -1.95. The first-order valence-corrected chi connectivity index (χ1v) is 6.13. The van der Waals surface area contributed by atoms with Gasteiger partial charge in [-0.2, -0.15) is 0 Å². The Kier molecular flexibility index (Phi) is 5.21. The minimum atomic E-state index is -1.17. The summed E-state index contributed by atoms with van der Waals surface area (Å²) in [6.45, 7) is 4.42. The van der Waals surface area contributed by atoms with Crippen LogP contribution in [-0.4, -0.2) is 35.2 Å². The maximum Gasteiger partial charge on any atom is 0.408 e. The molecular formula is C14H18FNO4. The van der Waals surface area contributed by atoms with Crippen molar-refractivity contribution in [3.63, 3.8) is 0 Å². The lowest BCUT2D eigenvalue weighted by Crippen LogP contribution is -2.45. The Balaban J connectivity index is 2.76. The van der Waals surface area contributed by atoms with E-state index in [2.05, 4.69) is 5.32 Å². The van der Waals surface area contributed by atoms with Crippen molar-refractivity contribution in [2.24, 2.45) is 0 Å². The summed E-state index contributed by atoms with van der Waals surface area (Å²) in [5.41, 5.74) is -0.647. The minimum Gasteiger partial charge on any atom is -0.444 e. The molecule has 1 atom stereocenters. The molecule has 0 saturated heterocycles. The van der Waals surface area contributed by atoms with E-state index in [4.69, 9.17) is 4.74 Å². The van der Waals surface area contributed by atoms with Crippen LogP contribution in [0.15, 0.2) is 24.3 Å². The van der Waals surface area contributed by atoms with E-state index in [1.54, 1.807) is 20.8 Å². The Morgan fingerprint density at radius 2 is 2.05 bits per heavy atom. The number of hydrogen-bond donors (Lipinski definition) is 2. The molecule has 6 heteroatoms. The lowest BCUT2D eigenvalue weighted by molar-refractivity contribution is 0.0467. The zero-order chi connectivity index (χ0) is 15.3. The van der Waals surface area contributed by atoms with Crippen LogP contribution in [0.25, 0.3) is 0 Å². The first kappa shape index (κ1) is 16.1. The maximum atomic E-state index is 13.1. The van der Waals surface area contributed by atoms with E-state index in [0.29, 0.717) is 0 Å². The van der Waals surface area contributed by atoms with Crippen LogP contribution in [-0.2, 0) is 4.74 Å². The molecule has 1 rings (SSSR count). The van der Waals surface area contributed by atoms with Crippen molar-refractivity contribution < 1.29 is 23.8 Å². The third-order valence-corrected chi connectivity index (χ3v) is 2.30. The summed E-state index contributed by atoms with van der Waals surface area (Å²) in [5.74, 6) is -1.15. The Morgan fingerprint density at radius 1 is 1.40 bits per heavy atom. The fourth-order valence-electron chi connectivity index (χ4n) is 1.49. The van der Waals surface area contributed by atoms with Crippen LogP contribution in [0, 0.1) is 5.82 Å². The van der Waals surface area contributed by atoms with Crippen LogP contribution >= 0.6 is 0 Å². The second-order valence-electron chi connectivity index (χ2n) is 5.26. The molecule has 2 N–H and O–H groups in total. The van der Waals surface area contributed by atoms with Crippen molar-refractivity contribution in [3.05, 3.63) is 35.6 Å². The predicted octanol–water partition coefficient (Wildman–Crippen LogP) is 1.89. The number of alkyl carbamates (subject to hydrolysis) is 1. The summed E-state index contributed by atoms with van der Waals surface area (Å²) in [6, 6.07) is 3.86. The summed E-state index contributed by atoms with van der Waals surface area (Å²) in [4.78, 5) is 23.6. The second kappa shape index (κ2) is 6.47. The molecule has 110 valence electrons. The summed E-state index contributed by atoms with van der Waals surface area (Å²) in [7, 11) is 0. The van der Waals surface area contributed by atoms with Crippen molar-refractivity contribution in [2.45, 2.75) is 32.4 Å². The molecule has 0 spiro atoms. The van der Waals surface area contributed by atoms with Crippen LogP contribution in [0.2, 0.25) is 0 Å². The van der Waals surface area contributed by atoms with Crippen molar-refractivity contribution in [2.75, 3.05) is 6.61 Å². The monoisotopic (exact) mass is 283 g/mol. The van der Waals surface area contributed by atoms with Crippen LogP contribution in [0.5, 0.6) is 0 Å². The zero-order valence-corrected chi connectivity index (χ0v) is 11.6. The van der Waals surface area contributed by atoms with E-state index in [9.17, 15) is 19.1 Å². The Labute approximate surface area is 116 Å².